The van der Waals surface area contributed by atoms with Crippen LogP contribution >= 0.6 is 0 Å². The molecule has 113 valence electrons. The number of carboxylic acids is 1. The number of carbonyl (C=O) groups excluding carboxylic acids is 1. The molecule has 0 atom stereocenters. The van der Waals surface area contributed by atoms with Crippen molar-refractivity contribution in [2.24, 2.45) is 5.92 Å². The third-order valence-corrected chi connectivity index (χ3v) is 3.04. The molecule has 1 radical (unpaired) electrons. The van der Waals surface area contributed by atoms with Crippen molar-refractivity contribution in [3.63, 3.8) is 0 Å². The van der Waals surface area contributed by atoms with E-state index in [4.69, 9.17) is 9.84 Å². The van der Waals surface area contributed by atoms with Gasteiger partial charge in [0.25, 0.3) is 0 Å². The summed E-state index contributed by atoms with van der Waals surface area (Å²) in [6, 6.07) is 6.10. The Kier molecular flexibility index (Phi) is 10.7. The van der Waals surface area contributed by atoms with Gasteiger partial charge in [-0.05, 0) is 24.5 Å². The number of hydrogen-bond acceptors (Lipinski definition) is 3. The summed E-state index contributed by atoms with van der Waals surface area (Å²) in [5.74, 6) is -0.985. The fourth-order valence-electron chi connectivity index (χ4n) is 1.92. The molecule has 0 bridgehead atoms. The Labute approximate surface area is 153 Å². The monoisotopic (exact) mass is 417 g/mol. The molecule has 1 aromatic rings. The zero-order chi connectivity index (χ0) is 15.0. The Hall–Kier alpha value is -0.645. The summed E-state index contributed by atoms with van der Waals surface area (Å²) in [5.41, 5.74) is 0.0967. The third kappa shape index (κ3) is 7.79. The summed E-state index contributed by atoms with van der Waals surface area (Å²) in [6.07, 6.45) is 4.14. The molecule has 0 spiro atoms. The van der Waals surface area contributed by atoms with Crippen molar-refractivity contribution < 1.29 is 55.0 Å². The SMILES string of the molecule is CC(C)CCCCCOC(=O)c1ccccc1C(=O)O.[La]. The van der Waals surface area contributed by atoms with Crippen molar-refractivity contribution >= 4 is 11.9 Å². The van der Waals surface area contributed by atoms with Crippen LogP contribution in [0.4, 0.5) is 0 Å². The second kappa shape index (κ2) is 11.0. The Morgan fingerprint density at radius 1 is 1.10 bits per heavy atom. The minimum Gasteiger partial charge on any atom is -0.478 e. The first kappa shape index (κ1) is 20.4. The molecular weight excluding hydrogens is 395 g/mol. The summed E-state index contributed by atoms with van der Waals surface area (Å²) < 4.78 is 5.12. The van der Waals surface area contributed by atoms with E-state index in [-0.39, 0.29) is 46.7 Å². The standard InChI is InChI=1S/C16H22O4.La/c1-12(2)8-4-3-7-11-20-16(19)14-10-6-5-9-13(14)15(17)18;/h5-6,9-10,12H,3-4,7-8,11H2,1-2H3,(H,17,18);. The summed E-state index contributed by atoms with van der Waals surface area (Å²) in [6.45, 7) is 4.70. The van der Waals surface area contributed by atoms with E-state index >= 15 is 0 Å². The molecule has 1 N–H and O–H groups in total. The van der Waals surface area contributed by atoms with Crippen LogP contribution in [0, 0.1) is 41.5 Å². The molecule has 0 amide bonds. The van der Waals surface area contributed by atoms with E-state index in [1.54, 1.807) is 12.1 Å². The number of carboxylic acid groups (broad SMARTS) is 1. The quantitative estimate of drug-likeness (QED) is 0.517. The number of carbonyl (C=O) groups is 2. The number of hydrogen-bond donors (Lipinski definition) is 1. The van der Waals surface area contributed by atoms with Gasteiger partial charge in [-0.1, -0.05) is 45.2 Å². The summed E-state index contributed by atoms with van der Waals surface area (Å²) in [7, 11) is 0. The van der Waals surface area contributed by atoms with Gasteiger partial charge in [-0.3, -0.25) is 0 Å². The molecule has 1 rings (SSSR count). The minimum atomic E-state index is -1.12. The van der Waals surface area contributed by atoms with E-state index in [0.717, 1.165) is 19.3 Å². The Morgan fingerprint density at radius 2 is 1.71 bits per heavy atom. The van der Waals surface area contributed by atoms with Crippen LogP contribution in [0.1, 0.15) is 60.2 Å². The molecule has 5 heteroatoms. The molecule has 0 saturated carbocycles. The number of ether oxygens (including phenoxy) is 1. The summed E-state index contributed by atoms with van der Waals surface area (Å²) in [4.78, 5) is 22.8. The first-order chi connectivity index (χ1) is 9.52. The topological polar surface area (TPSA) is 63.6 Å². The van der Waals surface area contributed by atoms with E-state index in [1.165, 1.54) is 18.6 Å². The van der Waals surface area contributed by atoms with Crippen molar-refractivity contribution in [1.82, 2.24) is 0 Å². The van der Waals surface area contributed by atoms with Gasteiger partial charge < -0.3 is 9.84 Å². The van der Waals surface area contributed by atoms with Gasteiger partial charge in [0.2, 0.25) is 0 Å². The second-order valence-corrected chi connectivity index (χ2v) is 5.23. The largest absolute Gasteiger partial charge is 0.478 e. The van der Waals surface area contributed by atoms with E-state index in [0.29, 0.717) is 12.5 Å². The van der Waals surface area contributed by atoms with Gasteiger partial charge in [0.05, 0.1) is 17.7 Å². The predicted octanol–water partition coefficient (Wildman–Crippen LogP) is 3.76. The average Bonchev–Trinajstić information content (AvgIpc) is 2.42. The number of unbranched alkanes of at least 4 members (excludes halogenated alkanes) is 2. The zero-order valence-electron chi connectivity index (χ0n) is 12.7. The molecule has 0 aliphatic rings. The van der Waals surface area contributed by atoms with Crippen molar-refractivity contribution in [3.05, 3.63) is 35.4 Å². The Bertz CT molecular complexity index is 457. The van der Waals surface area contributed by atoms with Gasteiger partial charge in [-0.15, -0.1) is 0 Å². The van der Waals surface area contributed by atoms with Crippen LogP contribution in [0.25, 0.3) is 0 Å². The van der Waals surface area contributed by atoms with Crippen molar-refractivity contribution in [1.29, 1.82) is 0 Å². The van der Waals surface area contributed by atoms with Crippen molar-refractivity contribution in [2.75, 3.05) is 6.61 Å². The molecule has 0 aliphatic heterocycles. The third-order valence-electron chi connectivity index (χ3n) is 3.04. The van der Waals surface area contributed by atoms with Gasteiger partial charge in [0.15, 0.2) is 0 Å². The smallest absolute Gasteiger partial charge is 0.339 e. The van der Waals surface area contributed by atoms with Gasteiger partial charge >= 0.3 is 11.9 Å². The Balaban J connectivity index is 0.00000400. The zero-order valence-corrected chi connectivity index (χ0v) is 16.3. The number of rotatable bonds is 8. The maximum absolute atomic E-state index is 11.8. The molecule has 21 heavy (non-hydrogen) atoms. The molecular formula is C16H22LaO4. The maximum Gasteiger partial charge on any atom is 0.339 e. The van der Waals surface area contributed by atoms with Crippen LogP contribution in [0.3, 0.4) is 0 Å². The van der Waals surface area contributed by atoms with Gasteiger partial charge in [-0.25, -0.2) is 9.59 Å². The summed E-state index contributed by atoms with van der Waals surface area (Å²) in [5, 5.41) is 9.00. The van der Waals surface area contributed by atoms with Crippen LogP contribution < -0.4 is 0 Å². The predicted molar refractivity (Wildman–Crippen MR) is 77.0 cm³/mol. The Morgan fingerprint density at radius 3 is 2.29 bits per heavy atom. The van der Waals surface area contributed by atoms with Crippen LogP contribution in [0.15, 0.2) is 24.3 Å². The minimum absolute atomic E-state index is 0. The molecule has 4 nitrogen and oxygen atoms in total. The van der Waals surface area contributed by atoms with E-state index in [9.17, 15) is 9.59 Å². The van der Waals surface area contributed by atoms with Crippen LogP contribution in [0.2, 0.25) is 0 Å². The first-order valence-corrected chi connectivity index (χ1v) is 7.01. The molecule has 0 aliphatic carbocycles. The molecule has 0 fully saturated rings. The second-order valence-electron chi connectivity index (χ2n) is 5.23. The molecule has 0 heterocycles. The summed E-state index contributed by atoms with van der Waals surface area (Å²) >= 11 is 0. The van der Waals surface area contributed by atoms with Gasteiger partial charge in [-0.2, -0.15) is 0 Å². The van der Waals surface area contributed by atoms with E-state index in [1.807, 2.05) is 0 Å². The van der Waals surface area contributed by atoms with Crippen LogP contribution in [0.5, 0.6) is 0 Å². The normalized spacial score (nSPS) is 10.0. The maximum atomic E-state index is 11.8. The molecule has 0 aromatic heterocycles. The fourth-order valence-corrected chi connectivity index (χ4v) is 1.92. The first-order valence-electron chi connectivity index (χ1n) is 7.01. The van der Waals surface area contributed by atoms with E-state index in [2.05, 4.69) is 13.8 Å². The van der Waals surface area contributed by atoms with Gasteiger partial charge in [0.1, 0.15) is 0 Å². The van der Waals surface area contributed by atoms with Crippen molar-refractivity contribution in [2.45, 2.75) is 39.5 Å². The molecule has 0 saturated heterocycles. The number of benzene rings is 1. The van der Waals surface area contributed by atoms with Crippen LogP contribution in [-0.4, -0.2) is 23.7 Å². The number of esters is 1. The molecule has 1 aromatic carbocycles. The van der Waals surface area contributed by atoms with Gasteiger partial charge in [0, 0.05) is 35.6 Å². The fraction of sp³-hybridized carbons (Fsp3) is 0.500. The van der Waals surface area contributed by atoms with E-state index < -0.39 is 11.9 Å². The van der Waals surface area contributed by atoms with Crippen LogP contribution in [-0.2, 0) is 4.74 Å². The van der Waals surface area contributed by atoms with Crippen molar-refractivity contribution in [3.8, 4) is 0 Å². The number of aromatic carboxylic acids is 1. The molecule has 0 unspecified atom stereocenters. The average molecular weight is 417 g/mol.